The Balaban J connectivity index is 2.17. The molecule has 1 amide bonds. The van der Waals surface area contributed by atoms with Crippen molar-refractivity contribution in [1.29, 1.82) is 0 Å². The van der Waals surface area contributed by atoms with Gasteiger partial charge in [-0.15, -0.1) is 0 Å². The Morgan fingerprint density at radius 2 is 2.21 bits per heavy atom. The maximum atomic E-state index is 12.8. The Morgan fingerprint density at radius 1 is 1.50 bits per heavy atom. The Bertz CT molecular complexity index is 372. The smallest absolute Gasteiger partial charge is 0.251 e. The molecule has 14 heavy (non-hydrogen) atoms. The zero-order valence-corrected chi connectivity index (χ0v) is 8.01. The largest absolute Gasteiger partial charge is 0.349 e. The Morgan fingerprint density at radius 3 is 2.79 bits per heavy atom. The molecular formula is C11H12FNO. The standard InChI is InChI=1S/C11H12FNO/c1-7-6-8(12)2-5-10(7)11(14)13-9-3-4-9/h2,5-6,9H,3-4H2,1H3,(H,13,14). The van der Waals surface area contributed by atoms with Gasteiger partial charge >= 0.3 is 0 Å². The molecule has 0 heterocycles. The van der Waals surface area contributed by atoms with Crippen molar-refractivity contribution < 1.29 is 9.18 Å². The van der Waals surface area contributed by atoms with Crippen LogP contribution < -0.4 is 5.32 Å². The quantitative estimate of drug-likeness (QED) is 0.765. The van der Waals surface area contributed by atoms with Crippen molar-refractivity contribution in [3.8, 4) is 0 Å². The number of hydrogen-bond acceptors (Lipinski definition) is 1. The molecule has 1 N–H and O–H groups in total. The van der Waals surface area contributed by atoms with E-state index in [1.54, 1.807) is 6.92 Å². The minimum absolute atomic E-state index is 0.0926. The number of nitrogens with one attached hydrogen (secondary N) is 1. The van der Waals surface area contributed by atoms with E-state index in [1.807, 2.05) is 0 Å². The maximum absolute atomic E-state index is 12.8. The summed E-state index contributed by atoms with van der Waals surface area (Å²) in [5, 5.41) is 2.87. The van der Waals surface area contributed by atoms with Crippen LogP contribution in [0.2, 0.25) is 0 Å². The molecule has 74 valence electrons. The van der Waals surface area contributed by atoms with Crippen LogP contribution in [0.25, 0.3) is 0 Å². The van der Waals surface area contributed by atoms with Gasteiger partial charge in [0.1, 0.15) is 5.82 Å². The molecule has 0 saturated heterocycles. The molecule has 0 aromatic heterocycles. The van der Waals surface area contributed by atoms with Crippen LogP contribution in [-0.2, 0) is 0 Å². The van der Waals surface area contributed by atoms with Gasteiger partial charge in [0, 0.05) is 11.6 Å². The molecule has 1 aromatic rings. The molecule has 0 unspecified atom stereocenters. The number of halogens is 1. The summed E-state index contributed by atoms with van der Waals surface area (Å²) in [6.07, 6.45) is 2.12. The van der Waals surface area contributed by atoms with Gasteiger partial charge in [-0.3, -0.25) is 4.79 Å². The number of rotatable bonds is 2. The molecule has 0 atom stereocenters. The van der Waals surface area contributed by atoms with E-state index in [1.165, 1.54) is 18.2 Å². The SMILES string of the molecule is Cc1cc(F)ccc1C(=O)NC1CC1. The van der Waals surface area contributed by atoms with Gasteiger partial charge in [-0.1, -0.05) is 0 Å². The molecule has 3 heteroatoms. The molecule has 0 spiro atoms. The summed E-state index contributed by atoms with van der Waals surface area (Å²) in [6.45, 7) is 1.74. The minimum Gasteiger partial charge on any atom is -0.349 e. The normalized spacial score (nSPS) is 15.3. The van der Waals surface area contributed by atoms with E-state index >= 15 is 0 Å². The van der Waals surface area contributed by atoms with Gasteiger partial charge < -0.3 is 5.32 Å². The average molecular weight is 193 g/mol. The highest BCUT2D eigenvalue weighted by atomic mass is 19.1. The number of aryl methyl sites for hydroxylation is 1. The molecule has 2 rings (SSSR count). The second kappa shape index (κ2) is 3.40. The number of hydrogen-bond donors (Lipinski definition) is 1. The van der Waals surface area contributed by atoms with Crippen LogP contribution in [-0.4, -0.2) is 11.9 Å². The van der Waals surface area contributed by atoms with Crippen LogP contribution in [0.15, 0.2) is 18.2 Å². The molecule has 0 radical (unpaired) electrons. The van der Waals surface area contributed by atoms with Gasteiger partial charge in [-0.05, 0) is 43.5 Å². The summed E-state index contributed by atoms with van der Waals surface area (Å²) in [5.41, 5.74) is 1.25. The van der Waals surface area contributed by atoms with Crippen molar-refractivity contribution in [1.82, 2.24) is 5.32 Å². The maximum Gasteiger partial charge on any atom is 0.251 e. The summed E-state index contributed by atoms with van der Waals surface area (Å²) < 4.78 is 12.8. The van der Waals surface area contributed by atoms with Crippen LogP contribution in [0.5, 0.6) is 0 Å². The van der Waals surface area contributed by atoms with Crippen LogP contribution >= 0.6 is 0 Å². The zero-order valence-electron chi connectivity index (χ0n) is 8.01. The Kier molecular flexibility index (Phi) is 2.23. The fourth-order valence-corrected chi connectivity index (χ4v) is 1.37. The fraction of sp³-hybridized carbons (Fsp3) is 0.364. The lowest BCUT2D eigenvalue weighted by molar-refractivity contribution is 0.0950. The minimum atomic E-state index is -0.300. The topological polar surface area (TPSA) is 29.1 Å². The lowest BCUT2D eigenvalue weighted by Gasteiger charge is -2.05. The number of carbonyl (C=O) groups excluding carboxylic acids is 1. The molecule has 0 bridgehead atoms. The first kappa shape index (κ1) is 9.19. The van der Waals surface area contributed by atoms with Gasteiger partial charge in [0.25, 0.3) is 5.91 Å². The number of carbonyl (C=O) groups is 1. The van der Waals surface area contributed by atoms with Crippen molar-refractivity contribution in [2.45, 2.75) is 25.8 Å². The summed E-state index contributed by atoms with van der Waals surface area (Å²) in [7, 11) is 0. The predicted molar refractivity (Wildman–Crippen MR) is 51.6 cm³/mol. The molecule has 1 aromatic carbocycles. The van der Waals surface area contributed by atoms with Crippen LogP contribution in [0, 0.1) is 12.7 Å². The van der Waals surface area contributed by atoms with Gasteiger partial charge in [0.2, 0.25) is 0 Å². The third-order valence-electron chi connectivity index (χ3n) is 2.35. The highest BCUT2D eigenvalue weighted by molar-refractivity contribution is 5.95. The molecule has 1 aliphatic carbocycles. The highest BCUT2D eigenvalue weighted by Crippen LogP contribution is 2.20. The first-order valence-corrected chi connectivity index (χ1v) is 4.74. The van der Waals surface area contributed by atoms with E-state index in [4.69, 9.17) is 0 Å². The molecule has 2 nitrogen and oxygen atoms in total. The van der Waals surface area contributed by atoms with E-state index in [-0.39, 0.29) is 11.7 Å². The van der Waals surface area contributed by atoms with Crippen molar-refractivity contribution in [2.24, 2.45) is 0 Å². The third kappa shape index (κ3) is 1.92. The van der Waals surface area contributed by atoms with Gasteiger partial charge in [0.05, 0.1) is 0 Å². The first-order chi connectivity index (χ1) is 6.66. The third-order valence-corrected chi connectivity index (χ3v) is 2.35. The number of benzene rings is 1. The van der Waals surface area contributed by atoms with Crippen LogP contribution in [0.3, 0.4) is 0 Å². The first-order valence-electron chi connectivity index (χ1n) is 4.74. The highest BCUT2D eigenvalue weighted by Gasteiger charge is 2.24. The fourth-order valence-electron chi connectivity index (χ4n) is 1.37. The summed E-state index contributed by atoms with van der Waals surface area (Å²) >= 11 is 0. The van der Waals surface area contributed by atoms with E-state index in [2.05, 4.69) is 5.32 Å². The summed E-state index contributed by atoms with van der Waals surface area (Å²) in [6, 6.07) is 4.56. The average Bonchev–Trinajstić information content (AvgIpc) is 2.87. The lowest BCUT2D eigenvalue weighted by Crippen LogP contribution is -2.26. The van der Waals surface area contributed by atoms with E-state index in [0.29, 0.717) is 17.2 Å². The number of amides is 1. The van der Waals surface area contributed by atoms with Crippen molar-refractivity contribution in [3.05, 3.63) is 35.1 Å². The summed E-state index contributed by atoms with van der Waals surface area (Å²) in [5.74, 6) is -0.393. The van der Waals surface area contributed by atoms with Crippen molar-refractivity contribution >= 4 is 5.91 Å². The zero-order chi connectivity index (χ0) is 10.1. The van der Waals surface area contributed by atoms with E-state index in [0.717, 1.165) is 12.8 Å². The second-order valence-electron chi connectivity index (χ2n) is 3.71. The van der Waals surface area contributed by atoms with Crippen LogP contribution in [0.4, 0.5) is 4.39 Å². The second-order valence-corrected chi connectivity index (χ2v) is 3.71. The van der Waals surface area contributed by atoms with Crippen molar-refractivity contribution in [2.75, 3.05) is 0 Å². The molecule has 0 aliphatic heterocycles. The van der Waals surface area contributed by atoms with Crippen molar-refractivity contribution in [3.63, 3.8) is 0 Å². The monoisotopic (exact) mass is 193 g/mol. The van der Waals surface area contributed by atoms with Gasteiger partial charge in [0.15, 0.2) is 0 Å². The predicted octanol–water partition coefficient (Wildman–Crippen LogP) is 2.03. The molecule has 1 fully saturated rings. The molecule has 1 saturated carbocycles. The molecular weight excluding hydrogens is 181 g/mol. The Hall–Kier alpha value is -1.38. The van der Waals surface area contributed by atoms with E-state index in [9.17, 15) is 9.18 Å². The van der Waals surface area contributed by atoms with Gasteiger partial charge in [-0.25, -0.2) is 4.39 Å². The summed E-state index contributed by atoms with van der Waals surface area (Å²) in [4.78, 5) is 11.6. The van der Waals surface area contributed by atoms with E-state index < -0.39 is 0 Å². The lowest BCUT2D eigenvalue weighted by atomic mass is 10.1. The molecule has 1 aliphatic rings. The van der Waals surface area contributed by atoms with Gasteiger partial charge in [-0.2, -0.15) is 0 Å². The Labute approximate surface area is 82.1 Å². The van der Waals surface area contributed by atoms with Crippen LogP contribution in [0.1, 0.15) is 28.8 Å².